The number of ketones is 2. The van der Waals surface area contributed by atoms with Gasteiger partial charge in [-0.2, -0.15) is 52.7 Å². The first-order valence-electron chi connectivity index (χ1n) is 43.7. The van der Waals surface area contributed by atoms with Crippen molar-refractivity contribution in [2.75, 3.05) is 28.4 Å². The average molecular weight is 2010 g/mol. The lowest BCUT2D eigenvalue weighted by Gasteiger charge is -2.27. The maximum Gasteiger partial charge on any atom is 0.423 e. The van der Waals surface area contributed by atoms with Crippen molar-refractivity contribution >= 4 is 67.0 Å². The lowest BCUT2D eigenvalue weighted by atomic mass is 9.96. The Kier molecular flexibility index (Phi) is 31.9. The van der Waals surface area contributed by atoms with Crippen LogP contribution < -0.4 is 30.4 Å². The average Bonchev–Trinajstić information content (AvgIpc) is 1.29. The molecular weight excluding hydrogens is 1910 g/mol. The molecule has 0 spiro atoms. The van der Waals surface area contributed by atoms with E-state index in [1.807, 2.05) is 36.4 Å². The summed E-state index contributed by atoms with van der Waals surface area (Å²) in [6.07, 6.45) is -12.3. The highest BCUT2D eigenvalue weighted by Gasteiger charge is 2.58. The number of nitrogens with zero attached hydrogens (tertiary/aromatic N) is 12. The number of rotatable bonds is 28. The number of benzene rings is 8. The zero-order valence-corrected chi connectivity index (χ0v) is 77.8. The number of hydrogen-bond donors (Lipinski definition) is 6. The number of nitrogens with two attached hydrogens (primary N) is 2. The predicted octanol–water partition coefficient (Wildman–Crippen LogP) is 20.9. The van der Waals surface area contributed by atoms with Gasteiger partial charge in [-0.05, 0) is 178 Å². The summed E-state index contributed by atoms with van der Waals surface area (Å²) >= 11 is 0. The van der Waals surface area contributed by atoms with Crippen molar-refractivity contribution < 1.29 is 124 Å². The number of halogens is 15. The van der Waals surface area contributed by atoms with Crippen molar-refractivity contribution in [2.45, 2.75) is 148 Å². The van der Waals surface area contributed by atoms with Gasteiger partial charge in [-0.15, -0.1) is 0 Å². The molecule has 0 aliphatic heterocycles. The third-order valence-corrected chi connectivity index (χ3v) is 24.1. The predicted molar refractivity (Wildman–Crippen MR) is 505 cm³/mol. The van der Waals surface area contributed by atoms with Crippen LogP contribution in [0.3, 0.4) is 0 Å². The number of Topliss-reactive ketones (excluding diaryl/α,β-unsaturated/α-hetero) is 2. The molecule has 0 aliphatic rings. The van der Waals surface area contributed by atoms with E-state index < -0.39 is 125 Å². The summed E-state index contributed by atoms with van der Waals surface area (Å²) in [5.41, 5.74) is 5.59. The normalized spacial score (nSPS) is 13.5. The largest absolute Gasteiger partial charge is 0.497 e. The summed E-state index contributed by atoms with van der Waals surface area (Å²) in [5, 5.41) is 43.1. The Bertz CT molecular complexity index is 7250. The Morgan fingerprint density at radius 1 is 0.319 bits per heavy atom. The molecule has 8 aromatic carbocycles. The molecule has 2 amide bonds. The fourth-order valence-electron chi connectivity index (χ4n) is 15.9. The van der Waals surface area contributed by atoms with Gasteiger partial charge in [-0.3, -0.25) is 19.2 Å². The summed E-state index contributed by atoms with van der Waals surface area (Å²) in [7, 11) is 5.78. The number of amides is 2. The maximum atomic E-state index is 14.9. The number of pyridine rings is 4. The lowest BCUT2D eigenvalue weighted by molar-refractivity contribution is -0.269. The van der Waals surface area contributed by atoms with Crippen LogP contribution in [0.15, 0.2) is 226 Å². The number of methoxy groups -OCH3 is 4. The van der Waals surface area contributed by atoms with Gasteiger partial charge < -0.3 is 69.1 Å². The number of imidazole rings is 4. The van der Waals surface area contributed by atoms with Crippen molar-refractivity contribution in [1.82, 2.24) is 58.1 Å². The van der Waals surface area contributed by atoms with Crippen molar-refractivity contribution in [1.29, 1.82) is 0 Å². The van der Waals surface area contributed by atoms with Crippen LogP contribution in [-0.4, -0.2) is 155 Å². The van der Waals surface area contributed by atoms with Gasteiger partial charge in [0.15, 0.2) is 23.1 Å². The van der Waals surface area contributed by atoms with Crippen LogP contribution in [0.2, 0.25) is 0 Å². The fraction of sp³-hybridized carbons (Fsp3) is 0.262. The summed E-state index contributed by atoms with van der Waals surface area (Å²) in [6.45, 7) is 8.32. The highest BCUT2D eigenvalue weighted by molar-refractivity contribution is 6.05. The smallest absolute Gasteiger partial charge is 0.423 e. The van der Waals surface area contributed by atoms with Crippen LogP contribution in [0.5, 0.6) is 23.0 Å². The Morgan fingerprint density at radius 2 is 0.590 bits per heavy atom. The lowest BCUT2D eigenvalue weighted by Crippen LogP contribution is -2.42. The molecule has 41 heteroatoms. The number of aliphatic hydroxyl groups is 4. The van der Waals surface area contributed by atoms with Gasteiger partial charge in [0.05, 0.1) is 98.6 Å². The number of ether oxygens (including phenoxy) is 4. The SMILES string of the molecule is C.CCC(O)(c1cn(Cc2ccc3c(-c4ccc(OC)c(F)c4)cc(C(N)=O)nc3c2)cn1)C(F)(F)F.CCC(O)(c1cn(Cc2ccc3c(-c4ccc(OC)cc4)cc(C(C)=O)nc3c2)cn1)C(F)(F)F.CCC(O)(c1cn(Cc2ccc3c(-c4ccc(OC)cc4F)cc(C(C)=O)nc3c2)cn1)C(F)(F)F.CCC(O)(c1cn(Cc2ccc3c(-c4ccc(OC)cc4F)cc(C(N)=O)nc3c2)cn1)C(F)(F)F. The van der Waals surface area contributed by atoms with Crippen LogP contribution in [0.4, 0.5) is 65.9 Å². The van der Waals surface area contributed by atoms with Gasteiger partial charge in [0.1, 0.15) is 51.7 Å². The van der Waals surface area contributed by atoms with E-state index in [0.29, 0.717) is 100 Å². The topological polar surface area (TPSA) is 361 Å². The van der Waals surface area contributed by atoms with E-state index in [4.69, 9.17) is 30.4 Å². The molecule has 26 nitrogen and oxygen atoms in total. The molecule has 754 valence electrons. The van der Waals surface area contributed by atoms with Crippen molar-refractivity contribution in [2.24, 2.45) is 11.5 Å². The number of fused-ring (bicyclic) bond motifs is 4. The number of aromatic nitrogens is 12. The highest BCUT2D eigenvalue weighted by atomic mass is 19.4. The maximum absolute atomic E-state index is 14.9. The molecule has 0 radical (unpaired) electrons. The second kappa shape index (κ2) is 42.7. The second-order valence-corrected chi connectivity index (χ2v) is 33.3. The summed E-state index contributed by atoms with van der Waals surface area (Å²) < 4.78 is 231. The minimum Gasteiger partial charge on any atom is -0.497 e. The third kappa shape index (κ3) is 22.5. The Balaban J connectivity index is 0.000000171. The molecule has 16 aromatic rings. The molecule has 8 aromatic heterocycles. The van der Waals surface area contributed by atoms with Crippen molar-refractivity contribution in [3.8, 4) is 67.5 Å². The first-order valence-corrected chi connectivity index (χ1v) is 43.7. The third-order valence-electron chi connectivity index (χ3n) is 24.1. The summed E-state index contributed by atoms with van der Waals surface area (Å²) in [6, 6.07) is 47.5. The first kappa shape index (κ1) is 107. The second-order valence-electron chi connectivity index (χ2n) is 33.3. The van der Waals surface area contributed by atoms with E-state index in [1.165, 1.54) is 161 Å². The van der Waals surface area contributed by atoms with E-state index in [0.717, 1.165) is 40.7 Å². The van der Waals surface area contributed by atoms with Crippen LogP contribution in [-0.2, 0) is 48.6 Å². The van der Waals surface area contributed by atoms with Gasteiger partial charge in [-0.1, -0.05) is 102 Å². The molecule has 4 unspecified atom stereocenters. The summed E-state index contributed by atoms with van der Waals surface area (Å²) in [5.74, 6) is -2.29. The Labute approximate surface area is 812 Å². The Morgan fingerprint density at radius 3 is 0.861 bits per heavy atom. The number of alkyl halides is 12. The van der Waals surface area contributed by atoms with Gasteiger partial charge in [0.25, 0.3) is 11.8 Å². The van der Waals surface area contributed by atoms with E-state index in [1.54, 1.807) is 98.1 Å². The quantitative estimate of drug-likeness (QED) is 0.0196. The molecule has 0 aliphatic carbocycles. The van der Waals surface area contributed by atoms with Crippen molar-refractivity contribution in [3.05, 3.63) is 311 Å². The minimum atomic E-state index is -4.88. The molecule has 8 heterocycles. The number of hydrogen-bond acceptors (Lipinski definition) is 20. The van der Waals surface area contributed by atoms with Gasteiger partial charge in [-0.25, -0.2) is 53.0 Å². The van der Waals surface area contributed by atoms with Gasteiger partial charge in [0.2, 0.25) is 22.4 Å². The molecule has 0 bridgehead atoms. The zero-order valence-electron chi connectivity index (χ0n) is 77.8. The molecule has 0 saturated heterocycles. The highest BCUT2D eigenvalue weighted by Crippen LogP contribution is 2.47. The molecule has 0 saturated carbocycles. The number of carbonyl (C=O) groups is 4. The summed E-state index contributed by atoms with van der Waals surface area (Å²) in [4.78, 5) is 80.7. The Hall–Kier alpha value is -15.5. The standard InChI is InChI=1S/C26H23F4N3O3.C26H24F3N3O3.2C25H22F4N4O3.CH4/c1-4-25(35,26(28,29)30)24-13-33(14-31-24)12-16-5-7-19-20(11-22(15(2)34)32-23(19)9-16)18-8-6-17(36-3)10-21(18)27;1-4-25(34,26(27,28)29)24-14-32(15-30-24)13-17-5-10-20-21(18-6-8-19(35-3)9-7-18)12-22(16(2)33)31-23(20)11-17;1-3-24(35,25(27,28)29)22-12-33(13-31-22)11-14-4-6-17-18(10-21(23(30)34)32-20(17)8-14)16-7-5-15(36-2)9-19(16)26;1-3-24(35,25(27,28)29)22-12-33(13-31-22)11-14-4-6-16-17(10-20(23(30)34)32-19(16)8-14)15-5-7-21(36-2)18(26)9-15;/h5-11,13-14,35H,4,12H2,1-3H3;5-12,14-15,34H,4,13H2,1-3H3;2*4-10,12-13,35H,3,11H2,1-2H3,(H2,30,34);1H4. The van der Waals surface area contributed by atoms with E-state index >= 15 is 0 Å². The van der Waals surface area contributed by atoms with E-state index in [9.17, 15) is 105 Å². The monoisotopic (exact) mass is 2000 g/mol. The molecule has 16 rings (SSSR count). The van der Waals surface area contributed by atoms with Crippen LogP contribution in [0.1, 0.15) is 162 Å². The number of primary amides is 2. The van der Waals surface area contributed by atoms with Crippen LogP contribution >= 0.6 is 0 Å². The molecular formula is C103H95F15N14O12. The van der Waals surface area contributed by atoms with Crippen molar-refractivity contribution in [3.63, 3.8) is 0 Å². The molecule has 8 N–H and O–H groups in total. The van der Waals surface area contributed by atoms with Crippen LogP contribution in [0.25, 0.3) is 88.1 Å². The number of carbonyl (C=O) groups excluding carboxylic acids is 4. The minimum absolute atomic E-state index is 0. The molecule has 144 heavy (non-hydrogen) atoms. The van der Waals surface area contributed by atoms with Gasteiger partial charge in [0, 0.05) is 110 Å². The van der Waals surface area contributed by atoms with E-state index in [2.05, 4.69) is 39.9 Å². The fourth-order valence-corrected chi connectivity index (χ4v) is 15.9. The molecule has 0 fully saturated rings. The van der Waals surface area contributed by atoms with Gasteiger partial charge >= 0.3 is 24.7 Å². The molecule has 4 atom stereocenters. The zero-order chi connectivity index (χ0) is 104. The first-order chi connectivity index (χ1) is 67.4. The van der Waals surface area contributed by atoms with E-state index in [-0.39, 0.29) is 79.1 Å². The van der Waals surface area contributed by atoms with Crippen LogP contribution in [0, 0.1) is 17.5 Å².